The predicted molar refractivity (Wildman–Crippen MR) is 231 cm³/mol. The van der Waals surface area contributed by atoms with Crippen molar-refractivity contribution >= 4 is 29.6 Å². The van der Waals surface area contributed by atoms with E-state index in [4.69, 9.17) is 28.4 Å². The molecule has 8 atom stereocenters. The highest BCUT2D eigenvalue weighted by Crippen LogP contribution is 2.58. The highest BCUT2D eigenvalue weighted by molar-refractivity contribution is 6.09. The van der Waals surface area contributed by atoms with E-state index in [1.807, 2.05) is 0 Å². The van der Waals surface area contributed by atoms with Gasteiger partial charge in [-0.15, -0.1) is 0 Å². The maximum atomic E-state index is 15.4. The van der Waals surface area contributed by atoms with E-state index >= 15 is 4.79 Å². The van der Waals surface area contributed by atoms with Crippen molar-refractivity contribution in [1.82, 2.24) is 5.32 Å². The van der Waals surface area contributed by atoms with Gasteiger partial charge >= 0.3 is 17.9 Å². The van der Waals surface area contributed by atoms with Gasteiger partial charge in [-0.25, -0.2) is 9.59 Å². The summed E-state index contributed by atoms with van der Waals surface area (Å²) >= 11 is 0. The fourth-order valence-electron chi connectivity index (χ4n) is 9.81. The van der Waals surface area contributed by atoms with E-state index in [2.05, 4.69) is 5.32 Å². The summed E-state index contributed by atoms with van der Waals surface area (Å²) in [6.45, 7) is 8.47. The standard InChI is InChI=1S/C50H57NO13/c1-30-36(62-47(57)42(54)40(33-18-10-6-11-19-33)51-45(55)34-20-12-7-13-21-34)28-50(58)44(63-46(56)35-22-14-8-15-23-35)39-31(2)43(41(53)38(30)48(50,4)5)60-26-17-9-16-25-59-27-24-37-49(39,29-61-37)64-32(3)52/h6-8,10-15,18-23,36-37,39-40,42,44,54,58H,9,16-17,24-29H2,1-5H3,(H,51,55)/b43-31+/t36-,37+,39+,40-,42+,44-,49-,50+/m0/s1. The van der Waals surface area contributed by atoms with Gasteiger partial charge in [0.05, 0.1) is 30.7 Å². The zero-order valence-electron chi connectivity index (χ0n) is 36.9. The van der Waals surface area contributed by atoms with Crippen LogP contribution in [0.2, 0.25) is 0 Å². The van der Waals surface area contributed by atoms with Gasteiger partial charge in [0.25, 0.3) is 5.91 Å². The van der Waals surface area contributed by atoms with Gasteiger partial charge in [0.1, 0.15) is 23.9 Å². The van der Waals surface area contributed by atoms with Gasteiger partial charge in [0, 0.05) is 49.5 Å². The minimum Gasteiger partial charge on any atom is -0.490 e. The Hall–Kier alpha value is -5.67. The van der Waals surface area contributed by atoms with Crippen molar-refractivity contribution in [3.05, 3.63) is 130 Å². The SMILES string of the molecule is CC(=O)O[C@@]12CO[C@@H]1CCOCCCCCO/C1=C(\C)[C@@H]2[C@H](OC(=O)c2ccccc2)[C@]2(O)C[C@H](OC(=O)[C@H](O)[C@@H](NC(=O)c3ccccc3)c3ccccc3)C(C)=C(C1=O)C2(C)C. The molecule has 3 aromatic rings. The second kappa shape index (κ2) is 19.2. The number of hydrogen-bond acceptors (Lipinski definition) is 13. The molecule has 0 unspecified atom stereocenters. The zero-order chi connectivity index (χ0) is 45.8. The Kier molecular flexibility index (Phi) is 13.9. The lowest BCUT2D eigenvalue weighted by molar-refractivity contribution is -0.296. The Bertz CT molecular complexity index is 2280. The number of nitrogens with one attached hydrogen (secondary N) is 1. The van der Waals surface area contributed by atoms with Gasteiger partial charge in [-0.05, 0) is 74.1 Å². The molecular weight excluding hydrogens is 823 g/mol. The normalized spacial score (nSPS) is 29.1. The van der Waals surface area contributed by atoms with Gasteiger partial charge in [0.15, 0.2) is 17.5 Å². The molecule has 14 nitrogen and oxygen atoms in total. The number of hydrogen-bond donors (Lipinski definition) is 3. The molecule has 2 aliphatic heterocycles. The van der Waals surface area contributed by atoms with Crippen molar-refractivity contribution in [2.24, 2.45) is 11.3 Å². The maximum Gasteiger partial charge on any atom is 0.338 e. The van der Waals surface area contributed by atoms with Crippen molar-refractivity contribution in [2.45, 2.75) is 108 Å². The Balaban J connectivity index is 1.37. The van der Waals surface area contributed by atoms with Gasteiger partial charge in [0.2, 0.25) is 5.78 Å². The predicted octanol–water partition coefficient (Wildman–Crippen LogP) is 5.91. The lowest BCUT2D eigenvalue weighted by Gasteiger charge is -2.60. The number of aliphatic hydroxyl groups excluding tert-OH is 1. The number of Topliss-reactive ketones (excluding diaryl/α,β-unsaturated/α-hetero) is 1. The molecule has 1 amide bonds. The van der Waals surface area contributed by atoms with E-state index in [0.717, 1.165) is 12.8 Å². The summed E-state index contributed by atoms with van der Waals surface area (Å²) in [5.41, 5.74) is -3.97. The summed E-state index contributed by atoms with van der Waals surface area (Å²) in [6.07, 6.45) is -3.95. The zero-order valence-corrected chi connectivity index (χ0v) is 36.9. The van der Waals surface area contributed by atoms with E-state index in [-0.39, 0.29) is 54.3 Å². The number of esters is 3. The second-order valence-corrected chi connectivity index (χ2v) is 17.6. The first kappa shape index (κ1) is 46.3. The van der Waals surface area contributed by atoms with E-state index in [9.17, 15) is 29.4 Å². The monoisotopic (exact) mass is 879 g/mol. The summed E-state index contributed by atoms with van der Waals surface area (Å²) < 4.78 is 37.5. The van der Waals surface area contributed by atoms with E-state index in [1.165, 1.54) is 6.92 Å². The van der Waals surface area contributed by atoms with Crippen LogP contribution in [0.15, 0.2) is 113 Å². The van der Waals surface area contributed by atoms with Crippen LogP contribution in [0.1, 0.15) is 99.0 Å². The number of amides is 1. The van der Waals surface area contributed by atoms with Crippen LogP contribution in [-0.4, -0.2) is 102 Å². The summed E-state index contributed by atoms with van der Waals surface area (Å²) in [7, 11) is 0. The minimum atomic E-state index is -2.26. The fourth-order valence-corrected chi connectivity index (χ4v) is 9.81. The molecule has 0 saturated carbocycles. The minimum absolute atomic E-state index is 0.0524. The third-order valence-corrected chi connectivity index (χ3v) is 13.3. The number of carbonyl (C=O) groups is 5. The largest absolute Gasteiger partial charge is 0.490 e. The highest BCUT2D eigenvalue weighted by Gasteiger charge is 2.70. The third-order valence-electron chi connectivity index (χ3n) is 13.3. The lowest BCUT2D eigenvalue weighted by Crippen LogP contribution is -2.73. The van der Waals surface area contributed by atoms with Crippen LogP contribution in [0.4, 0.5) is 0 Å². The van der Waals surface area contributed by atoms with Crippen LogP contribution in [-0.2, 0) is 42.8 Å². The maximum absolute atomic E-state index is 15.4. The van der Waals surface area contributed by atoms with Gasteiger partial charge < -0.3 is 44.0 Å². The van der Waals surface area contributed by atoms with Crippen molar-refractivity contribution in [2.75, 3.05) is 26.4 Å². The molecule has 14 heteroatoms. The first-order valence-corrected chi connectivity index (χ1v) is 21.9. The number of carbonyl (C=O) groups excluding carboxylic acids is 5. The molecule has 2 aliphatic carbocycles. The average molecular weight is 880 g/mol. The first-order valence-electron chi connectivity index (χ1n) is 21.9. The number of rotatable bonds is 9. The Labute approximate surface area is 372 Å². The van der Waals surface area contributed by atoms with Crippen LogP contribution in [0.3, 0.4) is 0 Å². The quantitative estimate of drug-likeness (QED) is 0.170. The van der Waals surface area contributed by atoms with Crippen molar-refractivity contribution in [3.8, 4) is 0 Å². The van der Waals surface area contributed by atoms with Crippen LogP contribution in [0.25, 0.3) is 0 Å². The molecule has 0 aromatic heterocycles. The molecule has 1 fully saturated rings. The van der Waals surface area contributed by atoms with Crippen molar-refractivity contribution in [3.63, 3.8) is 0 Å². The summed E-state index contributed by atoms with van der Waals surface area (Å²) in [4.78, 5) is 70.8. The molecule has 2 heterocycles. The van der Waals surface area contributed by atoms with Crippen LogP contribution < -0.4 is 5.32 Å². The van der Waals surface area contributed by atoms with Crippen molar-refractivity contribution < 1.29 is 62.6 Å². The van der Waals surface area contributed by atoms with Gasteiger partial charge in [-0.1, -0.05) is 80.6 Å². The summed E-state index contributed by atoms with van der Waals surface area (Å²) in [6, 6.07) is 23.7. The number of benzene rings is 3. The van der Waals surface area contributed by atoms with E-state index in [1.54, 1.807) is 119 Å². The Morgan fingerprint density at radius 2 is 1.44 bits per heavy atom. The molecule has 7 rings (SSSR count). The Morgan fingerprint density at radius 1 is 0.812 bits per heavy atom. The van der Waals surface area contributed by atoms with Gasteiger partial charge in [-0.3, -0.25) is 14.4 Å². The molecule has 4 bridgehead atoms. The highest BCUT2D eigenvalue weighted by atomic mass is 16.6. The molecule has 3 N–H and O–H groups in total. The third kappa shape index (κ3) is 8.88. The molecule has 0 spiro atoms. The summed E-state index contributed by atoms with van der Waals surface area (Å²) in [5, 5.41) is 28.3. The smallest absolute Gasteiger partial charge is 0.338 e. The van der Waals surface area contributed by atoms with E-state index in [0.29, 0.717) is 24.2 Å². The lowest BCUT2D eigenvalue weighted by atomic mass is 9.53. The number of aliphatic hydroxyl groups is 2. The molecule has 1 saturated heterocycles. The van der Waals surface area contributed by atoms with Crippen LogP contribution in [0.5, 0.6) is 0 Å². The molecule has 4 aliphatic rings. The van der Waals surface area contributed by atoms with E-state index < -0.39 is 89.0 Å². The summed E-state index contributed by atoms with van der Waals surface area (Å²) in [5.74, 6) is -5.14. The topological polar surface area (TPSA) is 193 Å². The second-order valence-electron chi connectivity index (χ2n) is 17.6. The molecule has 0 radical (unpaired) electrons. The Morgan fingerprint density at radius 3 is 2.06 bits per heavy atom. The molecular formula is C50H57NO13. The average Bonchev–Trinajstić information content (AvgIpc) is 3.27. The first-order chi connectivity index (χ1) is 30.6. The van der Waals surface area contributed by atoms with Crippen LogP contribution >= 0.6 is 0 Å². The van der Waals surface area contributed by atoms with Crippen molar-refractivity contribution in [1.29, 1.82) is 0 Å². The number of ketones is 1. The van der Waals surface area contributed by atoms with Crippen LogP contribution in [0, 0.1) is 11.3 Å². The molecule has 340 valence electrons. The fraction of sp³-hybridized carbons (Fsp3) is 0.460. The number of allylic oxidation sites excluding steroid dienone is 1. The number of fused-ring (bicyclic) bond motifs is 5. The van der Waals surface area contributed by atoms with Gasteiger partial charge in [-0.2, -0.15) is 0 Å². The number of ether oxygens (including phenoxy) is 6. The molecule has 3 aromatic carbocycles. The molecule has 64 heavy (non-hydrogen) atoms.